The zero-order valence-corrected chi connectivity index (χ0v) is 16.6. The molecule has 1 heterocycles. The summed E-state index contributed by atoms with van der Waals surface area (Å²) in [6, 6.07) is 11.2. The molecular formula is C22H34N2O2. The normalized spacial score (nSPS) is 26.7. The molecule has 1 amide bonds. The fourth-order valence-corrected chi connectivity index (χ4v) is 4.39. The van der Waals surface area contributed by atoms with Crippen molar-refractivity contribution in [2.45, 2.75) is 77.5 Å². The second kappa shape index (κ2) is 7.99. The number of ether oxygens (including phenoxy) is 1. The second-order valence-electron chi connectivity index (χ2n) is 9.15. The molecule has 1 aliphatic heterocycles. The number of likely N-dealkylation sites (tertiary alicyclic amines) is 1. The van der Waals surface area contributed by atoms with Gasteiger partial charge in [-0.3, -0.25) is 0 Å². The monoisotopic (exact) mass is 358 g/mol. The predicted molar refractivity (Wildman–Crippen MR) is 105 cm³/mol. The van der Waals surface area contributed by atoms with Crippen LogP contribution in [0.15, 0.2) is 30.3 Å². The van der Waals surface area contributed by atoms with Gasteiger partial charge in [0, 0.05) is 25.7 Å². The minimum absolute atomic E-state index is 0.138. The molecule has 0 aromatic heterocycles. The molecule has 1 aromatic carbocycles. The molecule has 2 fully saturated rings. The molecule has 1 aromatic rings. The summed E-state index contributed by atoms with van der Waals surface area (Å²) in [5, 5.41) is 3.72. The van der Waals surface area contributed by atoms with Gasteiger partial charge in [0.2, 0.25) is 0 Å². The number of benzene rings is 1. The van der Waals surface area contributed by atoms with Crippen molar-refractivity contribution in [3.05, 3.63) is 35.9 Å². The predicted octanol–water partition coefficient (Wildman–Crippen LogP) is 4.74. The Morgan fingerprint density at radius 1 is 1.19 bits per heavy atom. The standard InChI is InChI=1S/C22H34N2O2/c1-21(2,3)26-20(25)24-15-7-12-22(17-24)13-10-19(11-14-22)23-16-18-8-5-4-6-9-18/h4-6,8-9,19,23H,7,10-17H2,1-3H3. The number of amides is 1. The Morgan fingerprint density at radius 3 is 2.54 bits per heavy atom. The van der Waals surface area contributed by atoms with E-state index in [1.54, 1.807) is 0 Å². The first kappa shape index (κ1) is 19.2. The summed E-state index contributed by atoms with van der Waals surface area (Å²) >= 11 is 0. The van der Waals surface area contributed by atoms with Gasteiger partial charge in [-0.25, -0.2) is 4.79 Å². The maximum atomic E-state index is 12.5. The van der Waals surface area contributed by atoms with Gasteiger partial charge < -0.3 is 15.0 Å². The van der Waals surface area contributed by atoms with E-state index in [4.69, 9.17) is 4.74 Å². The van der Waals surface area contributed by atoms with Gasteiger partial charge >= 0.3 is 6.09 Å². The highest BCUT2D eigenvalue weighted by Gasteiger charge is 2.40. The van der Waals surface area contributed by atoms with Crippen LogP contribution in [0.4, 0.5) is 4.79 Å². The number of carbonyl (C=O) groups is 1. The molecule has 3 rings (SSSR count). The van der Waals surface area contributed by atoms with Crippen LogP contribution in [-0.2, 0) is 11.3 Å². The van der Waals surface area contributed by atoms with Crippen LogP contribution in [0.25, 0.3) is 0 Å². The van der Waals surface area contributed by atoms with E-state index in [9.17, 15) is 4.79 Å². The highest BCUT2D eigenvalue weighted by Crippen LogP contribution is 2.43. The fourth-order valence-electron chi connectivity index (χ4n) is 4.39. The lowest BCUT2D eigenvalue weighted by Crippen LogP contribution is -2.50. The Kier molecular flexibility index (Phi) is 5.91. The second-order valence-corrected chi connectivity index (χ2v) is 9.15. The van der Waals surface area contributed by atoms with Crippen LogP contribution in [0.3, 0.4) is 0 Å². The fraction of sp³-hybridized carbons (Fsp3) is 0.682. The quantitative estimate of drug-likeness (QED) is 0.849. The van der Waals surface area contributed by atoms with Gasteiger partial charge in [-0.2, -0.15) is 0 Å². The minimum atomic E-state index is -0.416. The summed E-state index contributed by atoms with van der Waals surface area (Å²) in [5.41, 5.74) is 1.24. The highest BCUT2D eigenvalue weighted by molar-refractivity contribution is 5.68. The Bertz CT molecular complexity index is 586. The number of nitrogens with one attached hydrogen (secondary N) is 1. The van der Waals surface area contributed by atoms with Crippen LogP contribution in [0.2, 0.25) is 0 Å². The molecule has 26 heavy (non-hydrogen) atoms. The van der Waals surface area contributed by atoms with Gasteiger partial charge in [0.15, 0.2) is 0 Å². The summed E-state index contributed by atoms with van der Waals surface area (Å²) in [4.78, 5) is 14.4. The SMILES string of the molecule is CC(C)(C)OC(=O)N1CCCC2(CCC(NCc3ccccc3)CC2)C1. The van der Waals surface area contributed by atoms with E-state index in [1.165, 1.54) is 37.7 Å². The topological polar surface area (TPSA) is 41.6 Å². The Balaban J connectivity index is 1.48. The molecule has 1 spiro atoms. The largest absolute Gasteiger partial charge is 0.444 e. The Morgan fingerprint density at radius 2 is 1.88 bits per heavy atom. The van der Waals surface area contributed by atoms with Crippen LogP contribution in [-0.4, -0.2) is 35.7 Å². The number of carbonyl (C=O) groups excluding carboxylic acids is 1. The zero-order chi connectivity index (χ0) is 18.6. The van der Waals surface area contributed by atoms with Gasteiger partial charge in [0.25, 0.3) is 0 Å². The van der Waals surface area contributed by atoms with E-state index in [0.717, 1.165) is 26.1 Å². The summed E-state index contributed by atoms with van der Waals surface area (Å²) in [7, 11) is 0. The molecule has 1 aliphatic carbocycles. The first-order chi connectivity index (χ1) is 12.4. The first-order valence-corrected chi connectivity index (χ1v) is 10.1. The van der Waals surface area contributed by atoms with Crippen LogP contribution in [0, 0.1) is 5.41 Å². The lowest BCUT2D eigenvalue weighted by atomic mass is 9.68. The lowest BCUT2D eigenvalue weighted by molar-refractivity contribution is -0.00535. The Labute approximate surface area is 158 Å². The van der Waals surface area contributed by atoms with Gasteiger partial charge in [-0.15, -0.1) is 0 Å². The van der Waals surface area contributed by atoms with Crippen molar-refractivity contribution in [1.29, 1.82) is 0 Å². The summed E-state index contributed by atoms with van der Waals surface area (Å²) in [6.07, 6.45) is 7.03. The molecule has 4 heteroatoms. The number of hydrogen-bond donors (Lipinski definition) is 1. The summed E-state index contributed by atoms with van der Waals surface area (Å²) < 4.78 is 5.59. The van der Waals surface area contributed by atoms with Gasteiger partial charge in [0.1, 0.15) is 5.60 Å². The van der Waals surface area contributed by atoms with E-state index in [-0.39, 0.29) is 6.09 Å². The minimum Gasteiger partial charge on any atom is -0.444 e. The lowest BCUT2D eigenvalue weighted by Gasteiger charge is -2.47. The van der Waals surface area contributed by atoms with Crippen molar-refractivity contribution < 1.29 is 9.53 Å². The zero-order valence-electron chi connectivity index (χ0n) is 16.6. The summed E-state index contributed by atoms with van der Waals surface area (Å²) in [5.74, 6) is 0. The molecule has 0 unspecified atom stereocenters. The first-order valence-electron chi connectivity index (χ1n) is 10.1. The van der Waals surface area contributed by atoms with Crippen molar-refractivity contribution in [2.75, 3.05) is 13.1 Å². The van der Waals surface area contributed by atoms with Crippen LogP contribution in [0.1, 0.15) is 64.9 Å². The molecule has 0 atom stereocenters. The number of nitrogens with zero attached hydrogens (tertiary/aromatic N) is 1. The molecule has 144 valence electrons. The molecule has 1 N–H and O–H groups in total. The maximum Gasteiger partial charge on any atom is 0.410 e. The third-order valence-electron chi connectivity index (χ3n) is 5.80. The molecular weight excluding hydrogens is 324 g/mol. The molecule has 1 saturated heterocycles. The maximum absolute atomic E-state index is 12.5. The van der Waals surface area contributed by atoms with Gasteiger partial charge in [0.05, 0.1) is 0 Å². The van der Waals surface area contributed by atoms with Crippen molar-refractivity contribution in [3.63, 3.8) is 0 Å². The summed E-state index contributed by atoms with van der Waals surface area (Å²) in [6.45, 7) is 8.47. The third kappa shape index (κ3) is 5.23. The molecule has 2 aliphatic rings. The van der Waals surface area contributed by atoms with E-state index < -0.39 is 5.60 Å². The van der Waals surface area contributed by atoms with Crippen molar-refractivity contribution in [3.8, 4) is 0 Å². The van der Waals surface area contributed by atoms with E-state index in [1.807, 2.05) is 25.7 Å². The molecule has 4 nitrogen and oxygen atoms in total. The Hall–Kier alpha value is -1.55. The molecule has 1 saturated carbocycles. The van der Waals surface area contributed by atoms with Crippen LogP contribution >= 0.6 is 0 Å². The van der Waals surface area contributed by atoms with Gasteiger partial charge in [-0.05, 0) is 70.3 Å². The van der Waals surface area contributed by atoms with E-state index in [0.29, 0.717) is 11.5 Å². The van der Waals surface area contributed by atoms with Crippen molar-refractivity contribution >= 4 is 6.09 Å². The van der Waals surface area contributed by atoms with E-state index >= 15 is 0 Å². The van der Waals surface area contributed by atoms with Crippen molar-refractivity contribution in [1.82, 2.24) is 10.2 Å². The number of rotatable bonds is 3. The third-order valence-corrected chi connectivity index (χ3v) is 5.80. The smallest absolute Gasteiger partial charge is 0.410 e. The average molecular weight is 359 g/mol. The number of hydrogen-bond acceptors (Lipinski definition) is 3. The highest BCUT2D eigenvalue weighted by atomic mass is 16.6. The molecule has 0 bridgehead atoms. The van der Waals surface area contributed by atoms with Gasteiger partial charge in [-0.1, -0.05) is 30.3 Å². The number of piperidine rings is 1. The molecule has 0 radical (unpaired) electrons. The van der Waals surface area contributed by atoms with Crippen molar-refractivity contribution in [2.24, 2.45) is 5.41 Å². The van der Waals surface area contributed by atoms with Crippen LogP contribution < -0.4 is 5.32 Å². The average Bonchev–Trinajstić information content (AvgIpc) is 2.61. The van der Waals surface area contributed by atoms with E-state index in [2.05, 4.69) is 35.6 Å². The van der Waals surface area contributed by atoms with Crippen LogP contribution in [0.5, 0.6) is 0 Å².